The molecule has 2 N–H and O–H groups in total. The standard InChI is InChI=1S/C21H18ClN3O2/c1-12-5-6-14(10-13(12)2)21-25-17-11-15(7-8-18(17)27-21)24-20(26)16-4-3-9-23-19(16)22/h3-11,21,25H,1-2H3,(H,24,26). The molecular formula is C21H18ClN3O2. The Labute approximate surface area is 162 Å². The zero-order chi connectivity index (χ0) is 19.0. The second kappa shape index (κ2) is 6.93. The quantitative estimate of drug-likeness (QED) is 0.621. The molecule has 0 fully saturated rings. The number of aromatic nitrogens is 1. The normalized spacial score (nSPS) is 14.9. The zero-order valence-electron chi connectivity index (χ0n) is 14.9. The number of hydrogen-bond donors (Lipinski definition) is 2. The molecule has 6 heteroatoms. The van der Waals surface area contributed by atoms with E-state index in [1.807, 2.05) is 12.1 Å². The number of hydrogen-bond acceptors (Lipinski definition) is 4. The first-order valence-electron chi connectivity index (χ1n) is 8.57. The third-order valence-electron chi connectivity index (χ3n) is 4.61. The minimum Gasteiger partial charge on any atom is -0.464 e. The lowest BCUT2D eigenvalue weighted by Crippen LogP contribution is -2.13. The van der Waals surface area contributed by atoms with Crippen LogP contribution in [0.3, 0.4) is 0 Å². The van der Waals surface area contributed by atoms with Crippen molar-refractivity contribution in [3.8, 4) is 5.75 Å². The third kappa shape index (κ3) is 3.46. The second-order valence-corrected chi connectivity index (χ2v) is 6.85. The van der Waals surface area contributed by atoms with E-state index >= 15 is 0 Å². The molecule has 2 aromatic carbocycles. The Kier molecular flexibility index (Phi) is 4.46. The van der Waals surface area contributed by atoms with Gasteiger partial charge in [-0.05, 0) is 55.3 Å². The maximum atomic E-state index is 12.4. The van der Waals surface area contributed by atoms with Crippen LogP contribution in [0.4, 0.5) is 11.4 Å². The number of halogens is 1. The predicted molar refractivity (Wildman–Crippen MR) is 107 cm³/mol. The molecule has 1 aromatic heterocycles. The van der Waals surface area contributed by atoms with E-state index in [0.29, 0.717) is 11.3 Å². The van der Waals surface area contributed by atoms with Crippen molar-refractivity contribution in [1.82, 2.24) is 4.98 Å². The van der Waals surface area contributed by atoms with Gasteiger partial charge in [0.1, 0.15) is 10.9 Å². The molecule has 4 rings (SSSR count). The summed E-state index contributed by atoms with van der Waals surface area (Å²) in [5.41, 5.74) is 5.33. The Morgan fingerprint density at radius 1 is 1.15 bits per heavy atom. The number of pyridine rings is 1. The highest BCUT2D eigenvalue weighted by Crippen LogP contribution is 2.39. The Morgan fingerprint density at radius 2 is 2.00 bits per heavy atom. The topological polar surface area (TPSA) is 63.2 Å². The largest absolute Gasteiger partial charge is 0.464 e. The fourth-order valence-corrected chi connectivity index (χ4v) is 3.16. The number of ether oxygens (including phenoxy) is 1. The maximum Gasteiger partial charge on any atom is 0.258 e. The SMILES string of the molecule is Cc1ccc(C2Nc3cc(NC(=O)c4cccnc4Cl)ccc3O2)cc1C. The van der Waals surface area contributed by atoms with E-state index in [1.54, 1.807) is 24.4 Å². The number of rotatable bonds is 3. The van der Waals surface area contributed by atoms with Crippen molar-refractivity contribution in [2.24, 2.45) is 0 Å². The number of benzene rings is 2. The van der Waals surface area contributed by atoms with Crippen molar-refractivity contribution in [3.05, 3.63) is 82.1 Å². The van der Waals surface area contributed by atoms with Crippen LogP contribution in [0, 0.1) is 13.8 Å². The predicted octanol–water partition coefficient (Wildman–Crippen LogP) is 5.11. The van der Waals surface area contributed by atoms with E-state index < -0.39 is 0 Å². The molecule has 0 spiro atoms. The van der Waals surface area contributed by atoms with Crippen LogP contribution in [-0.4, -0.2) is 10.9 Å². The Balaban J connectivity index is 1.52. The number of nitrogens with zero attached hydrogens (tertiary/aromatic N) is 1. The van der Waals surface area contributed by atoms with E-state index in [9.17, 15) is 4.79 Å². The average molecular weight is 380 g/mol. The fourth-order valence-electron chi connectivity index (χ4n) is 2.95. The summed E-state index contributed by atoms with van der Waals surface area (Å²) in [6.07, 6.45) is 1.29. The van der Waals surface area contributed by atoms with Crippen LogP contribution in [-0.2, 0) is 0 Å². The number of fused-ring (bicyclic) bond motifs is 1. The van der Waals surface area contributed by atoms with Crippen LogP contribution in [0.1, 0.15) is 33.3 Å². The number of anilines is 2. The van der Waals surface area contributed by atoms with Crippen LogP contribution in [0.15, 0.2) is 54.7 Å². The Bertz CT molecular complexity index is 1040. The third-order valence-corrected chi connectivity index (χ3v) is 4.91. The van der Waals surface area contributed by atoms with E-state index in [0.717, 1.165) is 17.0 Å². The number of carbonyl (C=O) groups is 1. The summed E-state index contributed by atoms with van der Waals surface area (Å²) < 4.78 is 6.00. The molecule has 1 unspecified atom stereocenters. The maximum absolute atomic E-state index is 12.4. The summed E-state index contributed by atoms with van der Waals surface area (Å²) in [7, 11) is 0. The van der Waals surface area contributed by atoms with Crippen molar-refractivity contribution in [2.75, 3.05) is 10.6 Å². The monoisotopic (exact) mass is 379 g/mol. The van der Waals surface area contributed by atoms with Gasteiger partial charge < -0.3 is 15.4 Å². The molecule has 2 heterocycles. The molecule has 3 aromatic rings. The van der Waals surface area contributed by atoms with Crippen LogP contribution < -0.4 is 15.4 Å². The van der Waals surface area contributed by atoms with E-state index in [4.69, 9.17) is 16.3 Å². The minimum absolute atomic E-state index is 0.174. The Morgan fingerprint density at radius 3 is 2.78 bits per heavy atom. The first-order chi connectivity index (χ1) is 13.0. The summed E-state index contributed by atoms with van der Waals surface area (Å²) in [5.74, 6) is 0.438. The van der Waals surface area contributed by atoms with Crippen LogP contribution >= 0.6 is 11.6 Å². The molecule has 5 nitrogen and oxygen atoms in total. The smallest absolute Gasteiger partial charge is 0.258 e. The zero-order valence-corrected chi connectivity index (χ0v) is 15.7. The van der Waals surface area contributed by atoms with Gasteiger partial charge in [-0.1, -0.05) is 29.8 Å². The molecule has 0 bridgehead atoms. The van der Waals surface area contributed by atoms with Crippen LogP contribution in [0.5, 0.6) is 5.75 Å². The number of aryl methyl sites for hydroxylation is 2. The number of carbonyl (C=O) groups excluding carboxylic acids is 1. The summed E-state index contributed by atoms with van der Waals surface area (Å²) in [6.45, 7) is 4.17. The second-order valence-electron chi connectivity index (χ2n) is 6.49. The minimum atomic E-state index is -0.308. The van der Waals surface area contributed by atoms with E-state index in [-0.39, 0.29) is 17.3 Å². The molecule has 27 heavy (non-hydrogen) atoms. The number of amides is 1. The molecule has 0 saturated heterocycles. The fraction of sp³-hybridized carbons (Fsp3) is 0.143. The lowest BCUT2D eigenvalue weighted by atomic mass is 10.1. The van der Waals surface area contributed by atoms with Crippen molar-refractivity contribution in [1.29, 1.82) is 0 Å². The highest BCUT2D eigenvalue weighted by atomic mass is 35.5. The van der Waals surface area contributed by atoms with Gasteiger partial charge >= 0.3 is 0 Å². The van der Waals surface area contributed by atoms with Crippen molar-refractivity contribution in [3.63, 3.8) is 0 Å². The van der Waals surface area contributed by atoms with Gasteiger partial charge in [0.25, 0.3) is 5.91 Å². The van der Waals surface area contributed by atoms with Gasteiger partial charge in [-0.3, -0.25) is 4.79 Å². The van der Waals surface area contributed by atoms with Crippen molar-refractivity contribution < 1.29 is 9.53 Å². The summed E-state index contributed by atoms with van der Waals surface area (Å²) >= 11 is 5.99. The summed E-state index contributed by atoms with van der Waals surface area (Å²) in [4.78, 5) is 16.3. The molecule has 1 aliphatic heterocycles. The molecule has 0 aliphatic carbocycles. The van der Waals surface area contributed by atoms with Gasteiger partial charge in [-0.25, -0.2) is 4.98 Å². The lowest BCUT2D eigenvalue weighted by molar-refractivity contribution is 0.102. The van der Waals surface area contributed by atoms with E-state index in [1.165, 1.54) is 11.1 Å². The molecule has 1 amide bonds. The van der Waals surface area contributed by atoms with Gasteiger partial charge in [-0.2, -0.15) is 0 Å². The molecule has 136 valence electrons. The summed E-state index contributed by atoms with van der Waals surface area (Å²) in [6, 6.07) is 15.0. The first kappa shape index (κ1) is 17.4. The average Bonchev–Trinajstić information content (AvgIpc) is 3.07. The highest BCUT2D eigenvalue weighted by Gasteiger charge is 2.24. The van der Waals surface area contributed by atoms with Gasteiger partial charge in [0, 0.05) is 17.4 Å². The molecule has 1 aliphatic rings. The summed E-state index contributed by atoms with van der Waals surface area (Å²) in [5, 5.41) is 6.36. The van der Waals surface area contributed by atoms with Crippen molar-refractivity contribution >= 4 is 28.9 Å². The van der Waals surface area contributed by atoms with Gasteiger partial charge in [0.05, 0.1) is 11.3 Å². The lowest BCUT2D eigenvalue weighted by Gasteiger charge is -2.13. The van der Waals surface area contributed by atoms with Gasteiger partial charge in [0.2, 0.25) is 0 Å². The molecule has 0 radical (unpaired) electrons. The van der Waals surface area contributed by atoms with Crippen LogP contribution in [0.25, 0.3) is 0 Å². The molecule has 1 atom stereocenters. The van der Waals surface area contributed by atoms with E-state index in [2.05, 4.69) is 47.7 Å². The first-order valence-corrected chi connectivity index (χ1v) is 8.95. The number of nitrogens with one attached hydrogen (secondary N) is 2. The van der Waals surface area contributed by atoms with Gasteiger partial charge in [0.15, 0.2) is 6.23 Å². The van der Waals surface area contributed by atoms with Gasteiger partial charge in [-0.15, -0.1) is 0 Å². The Hall–Kier alpha value is -3.05. The molecule has 0 saturated carbocycles. The highest BCUT2D eigenvalue weighted by molar-refractivity contribution is 6.33. The molecular weight excluding hydrogens is 362 g/mol. The van der Waals surface area contributed by atoms with Crippen molar-refractivity contribution in [2.45, 2.75) is 20.1 Å². The van der Waals surface area contributed by atoms with Crippen LogP contribution in [0.2, 0.25) is 5.15 Å².